The van der Waals surface area contributed by atoms with Crippen molar-refractivity contribution < 1.29 is 23.9 Å². The normalized spacial score (nSPS) is 12.8. The Labute approximate surface area is 210 Å². The van der Waals surface area contributed by atoms with Crippen LogP contribution in [-0.2, 0) is 25.7 Å². The van der Waals surface area contributed by atoms with Crippen molar-refractivity contribution in [2.24, 2.45) is 5.73 Å². The van der Waals surface area contributed by atoms with Gasteiger partial charge in [-0.15, -0.1) is 0 Å². The molecule has 0 bridgehead atoms. The van der Waals surface area contributed by atoms with E-state index >= 15 is 0 Å². The molecule has 4 rings (SSSR count). The van der Waals surface area contributed by atoms with Gasteiger partial charge in [0.15, 0.2) is 0 Å². The van der Waals surface area contributed by atoms with Crippen molar-refractivity contribution in [3.8, 4) is 11.1 Å². The molecule has 0 heterocycles. The molecule has 1 atom stereocenters. The Morgan fingerprint density at radius 3 is 2.14 bits per heavy atom. The van der Waals surface area contributed by atoms with Crippen LogP contribution in [0.4, 0.5) is 4.79 Å². The zero-order valence-electron chi connectivity index (χ0n) is 20.5. The van der Waals surface area contributed by atoms with Crippen LogP contribution in [0.2, 0.25) is 0 Å². The van der Waals surface area contributed by atoms with E-state index in [1.165, 1.54) is 0 Å². The van der Waals surface area contributed by atoms with E-state index in [0.717, 1.165) is 38.9 Å². The molecule has 0 saturated carbocycles. The molecule has 0 spiro atoms. The molecule has 0 aromatic heterocycles. The fourth-order valence-corrected chi connectivity index (χ4v) is 4.47. The first-order chi connectivity index (χ1) is 17.3. The number of aryl methyl sites for hydroxylation is 2. The standard InChI is InChI=1S/C29H30N2O5/c1-18-11-12-20(15-19(18)2)16-35-28(33)26(13-14-27(30)32)31-29(34)36-17-25-23-9-5-3-7-21(23)22-8-4-6-10-24(22)25/h3-12,15,25-26H,13-14,16-17H2,1-2H3,(H2,30,32)(H,31,34)/t26-/m0/s1. The van der Waals surface area contributed by atoms with Crippen molar-refractivity contribution in [2.75, 3.05) is 6.61 Å². The maximum absolute atomic E-state index is 12.8. The highest BCUT2D eigenvalue weighted by molar-refractivity contribution is 5.83. The average Bonchev–Trinajstić information content (AvgIpc) is 3.19. The Kier molecular flexibility index (Phi) is 7.68. The van der Waals surface area contributed by atoms with Crippen LogP contribution in [0.1, 0.15) is 46.6 Å². The van der Waals surface area contributed by atoms with Crippen molar-refractivity contribution in [1.29, 1.82) is 0 Å². The molecule has 3 aromatic rings. The number of primary amides is 1. The van der Waals surface area contributed by atoms with Crippen molar-refractivity contribution in [3.63, 3.8) is 0 Å². The second kappa shape index (κ2) is 11.1. The number of carbonyl (C=O) groups excluding carboxylic acids is 3. The number of nitrogens with two attached hydrogens (primary N) is 1. The number of hydrogen-bond donors (Lipinski definition) is 2. The Morgan fingerprint density at radius 1 is 0.889 bits per heavy atom. The van der Waals surface area contributed by atoms with Gasteiger partial charge in [-0.2, -0.15) is 0 Å². The molecule has 0 aliphatic heterocycles. The minimum atomic E-state index is -1.06. The minimum absolute atomic E-state index is 0.0191. The summed E-state index contributed by atoms with van der Waals surface area (Å²) in [6.07, 6.45) is -0.812. The fraction of sp³-hybridized carbons (Fsp3) is 0.276. The largest absolute Gasteiger partial charge is 0.459 e. The van der Waals surface area contributed by atoms with Gasteiger partial charge in [-0.3, -0.25) is 4.79 Å². The van der Waals surface area contributed by atoms with Crippen LogP contribution in [-0.4, -0.2) is 30.6 Å². The summed E-state index contributed by atoms with van der Waals surface area (Å²) in [6, 6.07) is 20.8. The van der Waals surface area contributed by atoms with Crippen LogP contribution in [0.25, 0.3) is 11.1 Å². The molecule has 2 amide bonds. The van der Waals surface area contributed by atoms with Crippen LogP contribution in [0.5, 0.6) is 0 Å². The minimum Gasteiger partial charge on any atom is -0.459 e. The first-order valence-corrected chi connectivity index (χ1v) is 12.0. The highest BCUT2D eigenvalue weighted by Crippen LogP contribution is 2.44. The van der Waals surface area contributed by atoms with Crippen molar-refractivity contribution >= 4 is 18.0 Å². The number of fused-ring (bicyclic) bond motifs is 3. The summed E-state index contributed by atoms with van der Waals surface area (Å²) in [7, 11) is 0. The van der Waals surface area contributed by atoms with Gasteiger partial charge in [0.1, 0.15) is 19.3 Å². The van der Waals surface area contributed by atoms with Gasteiger partial charge in [-0.1, -0.05) is 66.7 Å². The van der Waals surface area contributed by atoms with Crippen molar-refractivity contribution in [3.05, 3.63) is 94.5 Å². The van der Waals surface area contributed by atoms with E-state index in [9.17, 15) is 14.4 Å². The summed E-state index contributed by atoms with van der Waals surface area (Å²) in [5.74, 6) is -1.33. The average molecular weight is 487 g/mol. The molecule has 0 radical (unpaired) electrons. The van der Waals surface area contributed by atoms with Gasteiger partial charge in [0.2, 0.25) is 5.91 Å². The number of amides is 2. The maximum atomic E-state index is 12.8. The van der Waals surface area contributed by atoms with Gasteiger partial charge in [-0.25, -0.2) is 9.59 Å². The summed E-state index contributed by atoms with van der Waals surface area (Å²) in [4.78, 5) is 36.8. The quantitative estimate of drug-likeness (QED) is 0.433. The van der Waals surface area contributed by atoms with Crippen molar-refractivity contribution in [1.82, 2.24) is 5.32 Å². The fourth-order valence-electron chi connectivity index (χ4n) is 4.47. The lowest BCUT2D eigenvalue weighted by molar-refractivity contribution is -0.147. The number of benzene rings is 3. The molecule has 3 N–H and O–H groups in total. The Balaban J connectivity index is 1.39. The molecule has 1 aliphatic rings. The highest BCUT2D eigenvalue weighted by atomic mass is 16.6. The molecular weight excluding hydrogens is 456 g/mol. The summed E-state index contributed by atoms with van der Waals surface area (Å²) >= 11 is 0. The van der Waals surface area contributed by atoms with E-state index < -0.39 is 24.0 Å². The Bertz CT molecular complexity index is 1240. The lowest BCUT2D eigenvalue weighted by Crippen LogP contribution is -2.43. The summed E-state index contributed by atoms with van der Waals surface area (Å²) in [5.41, 5.74) is 12.7. The molecule has 0 fully saturated rings. The number of rotatable bonds is 9. The lowest BCUT2D eigenvalue weighted by Gasteiger charge is -2.19. The Hall–Kier alpha value is -4.13. The topological polar surface area (TPSA) is 108 Å². The third kappa shape index (κ3) is 5.74. The van der Waals surface area contributed by atoms with E-state index in [-0.39, 0.29) is 32.0 Å². The van der Waals surface area contributed by atoms with Crippen LogP contribution in [0.3, 0.4) is 0 Å². The van der Waals surface area contributed by atoms with E-state index in [0.29, 0.717) is 0 Å². The van der Waals surface area contributed by atoms with Gasteiger partial charge < -0.3 is 20.5 Å². The van der Waals surface area contributed by atoms with Gasteiger partial charge in [-0.05, 0) is 59.2 Å². The molecule has 0 saturated heterocycles. The third-order valence-corrected chi connectivity index (χ3v) is 6.55. The maximum Gasteiger partial charge on any atom is 0.407 e. The summed E-state index contributed by atoms with van der Waals surface area (Å²) in [6.45, 7) is 4.15. The number of ether oxygens (including phenoxy) is 2. The number of alkyl carbamates (subject to hydrolysis) is 1. The number of hydrogen-bond acceptors (Lipinski definition) is 5. The predicted octanol–water partition coefficient (Wildman–Crippen LogP) is 4.52. The van der Waals surface area contributed by atoms with E-state index in [2.05, 4.69) is 17.4 Å². The first kappa shape index (κ1) is 25.0. The molecule has 1 aliphatic carbocycles. The van der Waals surface area contributed by atoms with Crippen molar-refractivity contribution in [2.45, 2.75) is 45.3 Å². The van der Waals surface area contributed by atoms with Crippen LogP contribution in [0.15, 0.2) is 66.7 Å². The lowest BCUT2D eigenvalue weighted by atomic mass is 9.98. The third-order valence-electron chi connectivity index (χ3n) is 6.55. The van der Waals surface area contributed by atoms with Crippen LogP contribution >= 0.6 is 0 Å². The molecule has 7 heteroatoms. The monoisotopic (exact) mass is 486 g/mol. The molecule has 7 nitrogen and oxygen atoms in total. The number of esters is 1. The second-order valence-corrected chi connectivity index (χ2v) is 9.05. The zero-order chi connectivity index (χ0) is 25.7. The van der Waals surface area contributed by atoms with Crippen LogP contribution in [0, 0.1) is 13.8 Å². The number of nitrogens with one attached hydrogen (secondary N) is 1. The number of carbonyl (C=O) groups is 3. The first-order valence-electron chi connectivity index (χ1n) is 12.0. The highest BCUT2D eigenvalue weighted by Gasteiger charge is 2.30. The summed E-state index contributed by atoms with van der Waals surface area (Å²) in [5, 5.41) is 2.56. The predicted molar refractivity (Wildman–Crippen MR) is 136 cm³/mol. The molecule has 0 unspecified atom stereocenters. The van der Waals surface area contributed by atoms with Gasteiger partial charge in [0.05, 0.1) is 0 Å². The van der Waals surface area contributed by atoms with Crippen LogP contribution < -0.4 is 11.1 Å². The van der Waals surface area contributed by atoms with E-state index in [1.807, 2.05) is 68.4 Å². The SMILES string of the molecule is Cc1ccc(COC(=O)[C@H](CCC(N)=O)NC(=O)OCC2c3ccccc3-c3ccccc32)cc1C. The van der Waals surface area contributed by atoms with E-state index in [4.69, 9.17) is 15.2 Å². The zero-order valence-corrected chi connectivity index (χ0v) is 20.5. The smallest absolute Gasteiger partial charge is 0.407 e. The Morgan fingerprint density at radius 2 is 1.53 bits per heavy atom. The van der Waals surface area contributed by atoms with Gasteiger partial charge in [0.25, 0.3) is 0 Å². The molecule has 36 heavy (non-hydrogen) atoms. The van der Waals surface area contributed by atoms with Gasteiger partial charge in [0, 0.05) is 12.3 Å². The second-order valence-electron chi connectivity index (χ2n) is 9.05. The molecular formula is C29H30N2O5. The summed E-state index contributed by atoms with van der Waals surface area (Å²) < 4.78 is 11.0. The molecule has 186 valence electrons. The van der Waals surface area contributed by atoms with E-state index in [1.54, 1.807) is 0 Å². The molecule has 3 aromatic carbocycles. The van der Waals surface area contributed by atoms with Gasteiger partial charge >= 0.3 is 12.1 Å².